The van der Waals surface area contributed by atoms with Gasteiger partial charge < -0.3 is 0 Å². The molecule has 0 amide bonds. The van der Waals surface area contributed by atoms with E-state index in [0.29, 0.717) is 0 Å². The van der Waals surface area contributed by atoms with Gasteiger partial charge in [-0.1, -0.05) is 0 Å². The van der Waals surface area contributed by atoms with Gasteiger partial charge in [-0.05, 0) is 19.4 Å². The summed E-state index contributed by atoms with van der Waals surface area (Å²) < 4.78 is 1.98. The summed E-state index contributed by atoms with van der Waals surface area (Å²) in [5, 5.41) is 0. The highest BCUT2D eigenvalue weighted by Crippen LogP contribution is 2.03. The molecule has 2 aromatic rings. The molecule has 0 aromatic carbocycles. The average molecular weight is 147 g/mol. The predicted octanol–water partition coefficient (Wildman–Crippen LogP) is 1.35. The largest absolute Gasteiger partial charge is 0.288 e. The van der Waals surface area contributed by atoms with Crippen LogP contribution in [0.15, 0.2) is 18.6 Å². The molecule has 0 spiro atoms. The summed E-state index contributed by atoms with van der Waals surface area (Å²) in [6, 6.07) is 0. The molecule has 11 heavy (non-hydrogen) atoms. The van der Waals surface area contributed by atoms with Gasteiger partial charge >= 0.3 is 0 Å². The molecule has 2 heterocycles. The quantitative estimate of drug-likeness (QED) is 0.563. The molecule has 0 bridgehead atoms. The van der Waals surface area contributed by atoms with E-state index >= 15 is 0 Å². The molecule has 0 radical (unpaired) electrons. The molecule has 0 saturated carbocycles. The highest BCUT2D eigenvalue weighted by atomic mass is 15.1. The van der Waals surface area contributed by atoms with Crippen LogP contribution in [0.5, 0.6) is 0 Å². The lowest BCUT2D eigenvalue weighted by Gasteiger charge is -1.95. The Hall–Kier alpha value is -1.38. The maximum Gasteiger partial charge on any atom is 0.233 e. The predicted molar refractivity (Wildman–Crippen MR) is 42.5 cm³/mol. The third-order valence-corrected chi connectivity index (χ3v) is 1.68. The number of aryl methyl sites for hydroxylation is 2. The van der Waals surface area contributed by atoms with E-state index in [4.69, 9.17) is 0 Å². The van der Waals surface area contributed by atoms with Gasteiger partial charge in [0.1, 0.15) is 0 Å². The minimum atomic E-state index is 0.771. The van der Waals surface area contributed by atoms with E-state index in [0.717, 1.165) is 17.0 Å². The van der Waals surface area contributed by atoms with Crippen LogP contribution in [0.1, 0.15) is 11.3 Å². The van der Waals surface area contributed by atoms with Crippen molar-refractivity contribution in [2.75, 3.05) is 0 Å². The van der Waals surface area contributed by atoms with Crippen LogP contribution in [0.2, 0.25) is 0 Å². The maximum absolute atomic E-state index is 4.15. The van der Waals surface area contributed by atoms with Crippen molar-refractivity contribution in [3.8, 4) is 0 Å². The monoisotopic (exact) mass is 147 g/mol. The second kappa shape index (κ2) is 2.05. The number of rotatable bonds is 0. The molecular weight excluding hydrogens is 138 g/mol. The molecular formula is C8H9N3. The van der Waals surface area contributed by atoms with Gasteiger partial charge in [0.15, 0.2) is 0 Å². The Morgan fingerprint density at radius 3 is 2.73 bits per heavy atom. The summed E-state index contributed by atoms with van der Waals surface area (Å²) in [6.45, 7) is 4.03. The number of hydrogen-bond donors (Lipinski definition) is 0. The Morgan fingerprint density at radius 2 is 1.91 bits per heavy atom. The smallest absolute Gasteiger partial charge is 0.233 e. The minimum Gasteiger partial charge on any atom is -0.288 e. The van der Waals surface area contributed by atoms with Crippen molar-refractivity contribution in [3.05, 3.63) is 29.8 Å². The van der Waals surface area contributed by atoms with Crippen molar-refractivity contribution >= 4 is 5.78 Å². The standard InChI is InChI=1S/C8H9N3/c1-6-3-9-8-10-4-7(2)11(8)5-6/h3-5H,1-2H3. The van der Waals surface area contributed by atoms with Crippen molar-refractivity contribution in [1.82, 2.24) is 14.4 Å². The highest BCUT2D eigenvalue weighted by molar-refractivity contribution is 5.31. The zero-order chi connectivity index (χ0) is 7.84. The van der Waals surface area contributed by atoms with Crippen molar-refractivity contribution in [3.63, 3.8) is 0 Å². The van der Waals surface area contributed by atoms with E-state index in [-0.39, 0.29) is 0 Å². The van der Waals surface area contributed by atoms with E-state index in [2.05, 4.69) is 9.97 Å². The third kappa shape index (κ3) is 0.888. The van der Waals surface area contributed by atoms with Crippen LogP contribution in [0.25, 0.3) is 5.78 Å². The first kappa shape index (κ1) is 6.34. The van der Waals surface area contributed by atoms with Crippen LogP contribution in [-0.2, 0) is 0 Å². The lowest BCUT2D eigenvalue weighted by Crippen LogP contribution is -1.90. The number of hydrogen-bond acceptors (Lipinski definition) is 2. The molecule has 0 unspecified atom stereocenters. The minimum absolute atomic E-state index is 0.771. The third-order valence-electron chi connectivity index (χ3n) is 1.68. The number of imidazole rings is 1. The van der Waals surface area contributed by atoms with Gasteiger partial charge in [-0.25, -0.2) is 9.97 Å². The normalized spacial score (nSPS) is 10.7. The van der Waals surface area contributed by atoms with Crippen molar-refractivity contribution < 1.29 is 0 Å². The van der Waals surface area contributed by atoms with Crippen molar-refractivity contribution in [2.45, 2.75) is 13.8 Å². The molecule has 2 rings (SSSR count). The van der Waals surface area contributed by atoms with Crippen molar-refractivity contribution in [1.29, 1.82) is 0 Å². The summed E-state index contributed by atoms with van der Waals surface area (Å²) in [5.41, 5.74) is 2.27. The van der Waals surface area contributed by atoms with Gasteiger partial charge in [0, 0.05) is 18.1 Å². The number of nitrogens with zero attached hydrogens (tertiary/aromatic N) is 3. The van der Waals surface area contributed by atoms with Crippen LogP contribution in [-0.4, -0.2) is 14.4 Å². The molecule has 0 aliphatic rings. The Kier molecular flexibility index (Phi) is 1.18. The Bertz CT molecular complexity index is 389. The van der Waals surface area contributed by atoms with Gasteiger partial charge in [0.2, 0.25) is 5.78 Å². The molecule has 0 fully saturated rings. The molecule has 3 nitrogen and oxygen atoms in total. The molecule has 3 heteroatoms. The van der Waals surface area contributed by atoms with E-state index in [9.17, 15) is 0 Å². The number of aromatic nitrogens is 3. The lowest BCUT2D eigenvalue weighted by atomic mass is 10.4. The zero-order valence-corrected chi connectivity index (χ0v) is 6.57. The Morgan fingerprint density at radius 1 is 1.18 bits per heavy atom. The van der Waals surface area contributed by atoms with Gasteiger partial charge in [-0.2, -0.15) is 0 Å². The molecule has 0 aliphatic carbocycles. The first-order chi connectivity index (χ1) is 5.27. The first-order valence-corrected chi connectivity index (χ1v) is 3.54. The van der Waals surface area contributed by atoms with Crippen LogP contribution >= 0.6 is 0 Å². The van der Waals surface area contributed by atoms with Gasteiger partial charge in [-0.3, -0.25) is 4.40 Å². The second-order valence-corrected chi connectivity index (χ2v) is 2.70. The highest BCUT2D eigenvalue weighted by Gasteiger charge is 1.97. The van der Waals surface area contributed by atoms with Gasteiger partial charge in [-0.15, -0.1) is 0 Å². The van der Waals surface area contributed by atoms with Gasteiger partial charge in [0.25, 0.3) is 0 Å². The molecule has 0 N–H and O–H groups in total. The average Bonchev–Trinajstić information content (AvgIpc) is 2.33. The van der Waals surface area contributed by atoms with Crippen LogP contribution in [0, 0.1) is 13.8 Å². The van der Waals surface area contributed by atoms with Crippen LogP contribution in [0.4, 0.5) is 0 Å². The molecule has 0 saturated heterocycles. The fourth-order valence-corrected chi connectivity index (χ4v) is 1.08. The Balaban J connectivity index is 2.87. The summed E-state index contributed by atoms with van der Waals surface area (Å²) in [7, 11) is 0. The second-order valence-electron chi connectivity index (χ2n) is 2.70. The number of fused-ring (bicyclic) bond motifs is 1. The van der Waals surface area contributed by atoms with Crippen LogP contribution < -0.4 is 0 Å². The lowest BCUT2D eigenvalue weighted by molar-refractivity contribution is 1.04. The van der Waals surface area contributed by atoms with E-state index < -0.39 is 0 Å². The topological polar surface area (TPSA) is 30.2 Å². The summed E-state index contributed by atoms with van der Waals surface area (Å²) in [4.78, 5) is 8.26. The summed E-state index contributed by atoms with van der Waals surface area (Å²) in [5.74, 6) is 0.771. The zero-order valence-electron chi connectivity index (χ0n) is 6.57. The Labute approximate surface area is 64.7 Å². The maximum atomic E-state index is 4.15. The van der Waals surface area contributed by atoms with E-state index in [1.165, 1.54) is 0 Å². The van der Waals surface area contributed by atoms with Gasteiger partial charge in [0.05, 0.1) is 6.20 Å². The SMILES string of the molecule is Cc1cnc2ncc(C)n2c1. The molecule has 0 atom stereocenters. The first-order valence-electron chi connectivity index (χ1n) is 3.54. The summed E-state index contributed by atoms with van der Waals surface area (Å²) in [6.07, 6.45) is 5.67. The fraction of sp³-hybridized carbons (Fsp3) is 0.250. The fourth-order valence-electron chi connectivity index (χ4n) is 1.08. The molecule has 2 aromatic heterocycles. The van der Waals surface area contributed by atoms with Crippen molar-refractivity contribution in [2.24, 2.45) is 0 Å². The molecule has 0 aliphatic heterocycles. The van der Waals surface area contributed by atoms with E-state index in [1.54, 1.807) is 0 Å². The molecule has 56 valence electrons. The van der Waals surface area contributed by atoms with Crippen LogP contribution in [0.3, 0.4) is 0 Å². The summed E-state index contributed by atoms with van der Waals surface area (Å²) >= 11 is 0. The van der Waals surface area contributed by atoms with E-state index in [1.807, 2.05) is 36.8 Å².